The van der Waals surface area contributed by atoms with Crippen molar-refractivity contribution in [1.29, 1.82) is 0 Å². The highest BCUT2D eigenvalue weighted by Gasteiger charge is 2.54. The maximum absolute atomic E-state index is 6.97. The first-order valence-corrected chi connectivity index (χ1v) is 45.5. The van der Waals surface area contributed by atoms with Gasteiger partial charge in [0.1, 0.15) is 67.0 Å². The maximum Gasteiger partial charge on any atom is 0.136 e. The van der Waals surface area contributed by atoms with Crippen molar-refractivity contribution in [1.82, 2.24) is 0 Å². The first kappa shape index (κ1) is 70.8. The lowest BCUT2D eigenvalue weighted by molar-refractivity contribution is 0.663. The molecule has 4 aliphatic carbocycles. The van der Waals surface area contributed by atoms with E-state index in [1.54, 1.807) is 0 Å². The average molecular weight is 1680 g/mol. The molecule has 0 aliphatic heterocycles. The van der Waals surface area contributed by atoms with E-state index in [-0.39, 0.29) is 0 Å². The Morgan fingerprint density at radius 2 is 0.333 bits per heavy atom. The third-order valence-electron chi connectivity index (χ3n) is 30.2. The molecular formula is C126H68O6. The number of rotatable bonds is 4. The molecule has 6 heteroatoms. The van der Waals surface area contributed by atoms with Gasteiger partial charge in [-0.2, -0.15) is 0 Å². The molecule has 0 saturated heterocycles. The molecule has 2 spiro atoms. The maximum atomic E-state index is 6.97. The molecule has 608 valence electrons. The summed E-state index contributed by atoms with van der Waals surface area (Å²) in [5.41, 5.74) is 39.9. The largest absolute Gasteiger partial charge is 0.456 e. The molecule has 0 bridgehead atoms. The smallest absolute Gasteiger partial charge is 0.136 e. The van der Waals surface area contributed by atoms with Crippen molar-refractivity contribution in [3.05, 3.63) is 457 Å². The molecule has 0 saturated carbocycles. The van der Waals surface area contributed by atoms with Gasteiger partial charge >= 0.3 is 0 Å². The topological polar surface area (TPSA) is 78.8 Å². The quantitative estimate of drug-likeness (QED) is 0.163. The Balaban J connectivity index is 0.000000124. The first-order valence-electron chi connectivity index (χ1n) is 45.5. The Kier molecular flexibility index (Phi) is 13.8. The van der Waals surface area contributed by atoms with Gasteiger partial charge in [-0.1, -0.05) is 315 Å². The number of benzene rings is 22. The summed E-state index contributed by atoms with van der Waals surface area (Å²) in [6.07, 6.45) is 0. The summed E-state index contributed by atoms with van der Waals surface area (Å²) in [6, 6.07) is 150. The molecule has 32 rings (SSSR count). The van der Waals surface area contributed by atoms with Gasteiger partial charge in [0.25, 0.3) is 0 Å². The van der Waals surface area contributed by atoms with Crippen molar-refractivity contribution in [2.24, 2.45) is 0 Å². The third-order valence-corrected chi connectivity index (χ3v) is 30.2. The monoisotopic (exact) mass is 1680 g/mol. The summed E-state index contributed by atoms with van der Waals surface area (Å²) in [4.78, 5) is 0. The molecule has 132 heavy (non-hydrogen) atoms. The van der Waals surface area contributed by atoms with Gasteiger partial charge in [-0.25, -0.2) is 0 Å². The molecule has 0 radical (unpaired) electrons. The predicted octanol–water partition coefficient (Wildman–Crippen LogP) is 34.7. The zero-order valence-electron chi connectivity index (χ0n) is 70.7. The molecule has 0 fully saturated rings. The second-order valence-electron chi connectivity index (χ2n) is 36.3. The third kappa shape index (κ3) is 9.02. The van der Waals surface area contributed by atoms with Crippen LogP contribution in [0.4, 0.5) is 0 Å². The SMILES string of the molecule is c1ccc2c(c1)-c1ccccc1C21c2ccccc2-c2c1ccc1oc3cc(-c4c5ccccc5c(-c5ccc6c(c5)oc5ccc7oc8ccccc8c7c56)c5ccccc45)ccc3c21.c1ccc2c(c1)-c1ccccc1C21c2ccccc2-c2c1ccc1oc3cc(-c4c5ccccc5c(-c5ccc6oc7ccc8oc9ccccc9c8c7c6c5)c5ccccc45)ccc3c21. The van der Waals surface area contributed by atoms with Gasteiger partial charge in [-0.15, -0.1) is 0 Å². The summed E-state index contributed by atoms with van der Waals surface area (Å²) in [5, 5.41) is 22.8. The van der Waals surface area contributed by atoms with E-state index in [0.29, 0.717) is 0 Å². The Morgan fingerprint density at radius 3 is 0.667 bits per heavy atom. The van der Waals surface area contributed by atoms with E-state index in [4.69, 9.17) is 26.5 Å². The molecule has 22 aromatic carbocycles. The highest BCUT2D eigenvalue weighted by Crippen LogP contribution is 2.67. The van der Waals surface area contributed by atoms with Crippen molar-refractivity contribution < 1.29 is 26.5 Å². The van der Waals surface area contributed by atoms with Crippen LogP contribution in [0.5, 0.6) is 0 Å². The van der Waals surface area contributed by atoms with Crippen LogP contribution in [0, 0.1) is 0 Å². The molecule has 0 unspecified atom stereocenters. The van der Waals surface area contributed by atoms with Crippen molar-refractivity contribution in [3.63, 3.8) is 0 Å². The minimum atomic E-state index is -0.411. The fraction of sp³-hybridized carbons (Fsp3) is 0.0159. The van der Waals surface area contributed by atoms with E-state index < -0.39 is 10.8 Å². The lowest BCUT2D eigenvalue weighted by Crippen LogP contribution is -2.25. The summed E-state index contributed by atoms with van der Waals surface area (Å²) < 4.78 is 39.7. The van der Waals surface area contributed by atoms with Crippen LogP contribution in [0.2, 0.25) is 0 Å². The Morgan fingerprint density at radius 1 is 0.121 bits per heavy atom. The molecule has 28 aromatic rings. The molecule has 4 aliphatic rings. The van der Waals surface area contributed by atoms with Gasteiger partial charge in [0.05, 0.1) is 10.8 Å². The van der Waals surface area contributed by atoms with E-state index in [0.717, 1.165) is 143 Å². The van der Waals surface area contributed by atoms with Crippen LogP contribution in [0.25, 0.3) is 264 Å². The molecule has 0 N–H and O–H groups in total. The fourth-order valence-electron chi connectivity index (χ4n) is 25.2. The van der Waals surface area contributed by atoms with Gasteiger partial charge in [0.2, 0.25) is 0 Å². The highest BCUT2D eigenvalue weighted by molar-refractivity contribution is 6.31. The van der Waals surface area contributed by atoms with Gasteiger partial charge in [-0.05, 0) is 274 Å². The van der Waals surface area contributed by atoms with Gasteiger partial charge in [0, 0.05) is 64.6 Å². The fourth-order valence-corrected chi connectivity index (χ4v) is 25.2. The van der Waals surface area contributed by atoms with Crippen LogP contribution in [0.1, 0.15) is 44.5 Å². The zero-order valence-corrected chi connectivity index (χ0v) is 70.7. The van der Waals surface area contributed by atoms with Crippen LogP contribution in [0.3, 0.4) is 0 Å². The van der Waals surface area contributed by atoms with Crippen molar-refractivity contribution in [2.45, 2.75) is 10.8 Å². The lowest BCUT2D eigenvalue weighted by Gasteiger charge is -2.30. The van der Waals surface area contributed by atoms with E-state index in [2.05, 4.69) is 364 Å². The number of hydrogen-bond acceptors (Lipinski definition) is 6. The normalized spacial score (nSPS) is 13.6. The molecule has 0 atom stereocenters. The number of furan rings is 6. The molecule has 6 heterocycles. The molecular weight excluding hydrogens is 1610 g/mol. The Bertz CT molecular complexity index is 9890. The molecule has 0 amide bonds. The first-order chi connectivity index (χ1) is 65.5. The predicted molar refractivity (Wildman–Crippen MR) is 541 cm³/mol. The van der Waals surface area contributed by atoms with Crippen LogP contribution >= 0.6 is 0 Å². The van der Waals surface area contributed by atoms with Crippen molar-refractivity contribution in [2.75, 3.05) is 0 Å². The van der Waals surface area contributed by atoms with Crippen LogP contribution in [-0.2, 0) is 10.8 Å². The standard InChI is InChI=1S/2C63H34O3/c1-3-17-41-39(15-1)57(35-26-29-52-46(33-35)62-55(65-52)32-31-54-61(62)44-20-8-12-24-51(44)64-54)40-16-2-4-18-42(40)58(41)36-25-27-45-56(34-36)66-53-30-28-50-59(60(45)53)43-19-7-11-23-49(43)63(50)47-21-9-5-13-37(47)38-14-6-10-22-48(38)63;1-3-17-41-39(15-1)57(40-16-2-4-18-42(40)58(41)36-26-28-46-56(34-36)66-54-32-31-53-61(62(46)54)44-20-8-12-24-51(44)64-53)35-25-27-45-55(33-35)65-52-30-29-50-59(60(45)52)43-19-7-11-23-49(43)63(50)47-21-9-5-13-37(47)38-14-6-10-22-48(38)63/h2*1-34H. The summed E-state index contributed by atoms with van der Waals surface area (Å²) in [5.74, 6) is 0. The minimum absolute atomic E-state index is 0.410. The van der Waals surface area contributed by atoms with Crippen LogP contribution in [-0.4, -0.2) is 0 Å². The van der Waals surface area contributed by atoms with E-state index >= 15 is 0 Å². The van der Waals surface area contributed by atoms with Crippen molar-refractivity contribution >= 4 is 175 Å². The number of fused-ring (bicyclic) bond motifs is 46. The van der Waals surface area contributed by atoms with Crippen molar-refractivity contribution in [3.8, 4) is 89.0 Å². The lowest BCUT2D eigenvalue weighted by atomic mass is 9.70. The van der Waals surface area contributed by atoms with Gasteiger partial charge in [0.15, 0.2) is 0 Å². The van der Waals surface area contributed by atoms with E-state index in [1.165, 1.54) is 165 Å². The summed E-state index contributed by atoms with van der Waals surface area (Å²) in [7, 11) is 0. The minimum Gasteiger partial charge on any atom is -0.456 e. The summed E-state index contributed by atoms with van der Waals surface area (Å²) >= 11 is 0. The van der Waals surface area contributed by atoms with Gasteiger partial charge < -0.3 is 26.5 Å². The van der Waals surface area contributed by atoms with E-state index in [9.17, 15) is 0 Å². The summed E-state index contributed by atoms with van der Waals surface area (Å²) in [6.45, 7) is 0. The van der Waals surface area contributed by atoms with E-state index in [1.807, 2.05) is 48.5 Å². The Labute approximate surface area is 752 Å². The Hall–Kier alpha value is -17.3. The second kappa shape index (κ2) is 25.8. The second-order valence-corrected chi connectivity index (χ2v) is 36.3. The van der Waals surface area contributed by atoms with Crippen LogP contribution < -0.4 is 0 Å². The highest BCUT2D eigenvalue weighted by atomic mass is 16.4. The number of hydrogen-bond donors (Lipinski definition) is 0. The number of para-hydroxylation sites is 2. The van der Waals surface area contributed by atoms with Gasteiger partial charge in [-0.3, -0.25) is 0 Å². The molecule has 6 nitrogen and oxygen atoms in total. The average Bonchev–Trinajstić information content (AvgIpc) is 1.50. The zero-order chi connectivity index (χ0) is 85.7. The van der Waals surface area contributed by atoms with Crippen LogP contribution in [0.15, 0.2) is 439 Å². The molecule has 6 aromatic heterocycles.